The zero-order valence-electron chi connectivity index (χ0n) is 31.2. The number of benzene rings is 1. The zero-order valence-corrected chi connectivity index (χ0v) is 31.2. The molecule has 0 radical (unpaired) electrons. The van der Waals surface area contributed by atoms with Gasteiger partial charge in [0.2, 0.25) is 29.5 Å². The number of nitrogens with one attached hydrogen (secondary N) is 2. The molecule has 1 aromatic rings. The van der Waals surface area contributed by atoms with Gasteiger partial charge in [0.05, 0.1) is 0 Å². The van der Waals surface area contributed by atoms with Gasteiger partial charge >= 0.3 is 5.97 Å². The number of allylic oxidation sites excluding steroid dienone is 3. The van der Waals surface area contributed by atoms with Gasteiger partial charge in [0.15, 0.2) is 0 Å². The first-order valence-electron chi connectivity index (χ1n) is 18.7. The van der Waals surface area contributed by atoms with Crippen molar-refractivity contribution in [2.24, 2.45) is 16.8 Å². The minimum Gasteiger partial charge on any atom is -0.463 e. The maximum Gasteiger partial charge on any atom is 0.328 e. The van der Waals surface area contributed by atoms with Gasteiger partial charge in [-0.15, -0.1) is 0 Å². The van der Waals surface area contributed by atoms with E-state index in [1.165, 1.54) is 41.7 Å². The van der Waals surface area contributed by atoms with E-state index in [0.29, 0.717) is 18.9 Å². The Morgan fingerprint density at radius 2 is 1.62 bits per heavy atom. The topological polar surface area (TPSA) is 175 Å². The normalized spacial score (nSPS) is 27.7. The average Bonchev–Trinajstić information content (AvgIpc) is 3.86. The van der Waals surface area contributed by atoms with Crippen LogP contribution in [0.4, 0.5) is 8.78 Å². The van der Waals surface area contributed by atoms with Crippen molar-refractivity contribution in [2.75, 3.05) is 26.7 Å². The van der Waals surface area contributed by atoms with E-state index in [1.807, 2.05) is 6.08 Å². The van der Waals surface area contributed by atoms with Gasteiger partial charge in [-0.1, -0.05) is 18.2 Å². The predicted octanol–water partition coefficient (Wildman–Crippen LogP) is 2.01. The van der Waals surface area contributed by atoms with Crippen molar-refractivity contribution >= 4 is 47.6 Å². The summed E-state index contributed by atoms with van der Waals surface area (Å²) in [5, 5.41) is 5.20. The second kappa shape index (κ2) is 18.4. The van der Waals surface area contributed by atoms with Crippen molar-refractivity contribution < 1.29 is 47.1 Å². The summed E-state index contributed by atoms with van der Waals surface area (Å²) in [6, 6.07) is -2.66. The quantitative estimate of drug-likeness (QED) is 0.184. The smallest absolute Gasteiger partial charge is 0.328 e. The molecule has 16 heteroatoms. The number of halogens is 2. The number of fused-ring (bicyclic) bond motifs is 2. The van der Waals surface area contributed by atoms with Crippen molar-refractivity contribution in [1.82, 2.24) is 25.3 Å². The van der Waals surface area contributed by atoms with E-state index in [1.54, 1.807) is 6.08 Å². The van der Waals surface area contributed by atoms with Crippen LogP contribution in [-0.4, -0.2) is 119 Å². The van der Waals surface area contributed by atoms with Crippen LogP contribution in [0.15, 0.2) is 47.5 Å². The molecule has 0 bridgehead atoms. The third-order valence-corrected chi connectivity index (χ3v) is 10.6. The van der Waals surface area contributed by atoms with Crippen LogP contribution < -0.4 is 10.6 Å². The summed E-state index contributed by atoms with van der Waals surface area (Å²) in [4.78, 5) is 102. The van der Waals surface area contributed by atoms with E-state index in [9.17, 15) is 42.3 Å². The van der Waals surface area contributed by atoms with Gasteiger partial charge in [-0.3, -0.25) is 28.8 Å². The van der Waals surface area contributed by atoms with E-state index in [0.717, 1.165) is 37.6 Å². The fourth-order valence-electron chi connectivity index (χ4n) is 7.32. The second-order valence-electron chi connectivity index (χ2n) is 14.5. The molecule has 296 valence electrons. The summed E-state index contributed by atoms with van der Waals surface area (Å²) in [5.41, 5.74) is 0.0675. The molecule has 14 nitrogen and oxygen atoms in total. The highest BCUT2D eigenvalue weighted by atomic mass is 19.1. The molecule has 0 spiro atoms. The van der Waals surface area contributed by atoms with Gasteiger partial charge in [-0.05, 0) is 88.5 Å². The molecule has 7 atom stereocenters. The largest absolute Gasteiger partial charge is 0.463 e. The summed E-state index contributed by atoms with van der Waals surface area (Å²) < 4.78 is 33.8. The molecule has 2 N–H and O–H groups in total. The van der Waals surface area contributed by atoms with Crippen LogP contribution in [-0.2, 0) is 44.7 Å². The molecule has 1 aromatic carbocycles. The van der Waals surface area contributed by atoms with Gasteiger partial charge in [0.25, 0.3) is 5.91 Å². The van der Waals surface area contributed by atoms with E-state index in [-0.39, 0.29) is 43.8 Å². The standard InChI is InChI=1S/C39H48F2N6O8/c1-23-36(51)47-16-8-12-32(47)39(54)55-22-27(37(52)46-15-7-11-31(46)38(53)45(3)24(2)34(49)43-23)21-42-35(50)30(19-26-17-28(40)20-29(41)18-26)44-33(48)14-13-25-9-5-4-6-10-25/h4-5,13-14,17-18,20-21,23-25,27,30-32H,6-12,15-16,19,22H2,1-3H3,(H,43,49)(H,44,48)/b14-13+,42-21?/t23-,24-,25?,27?,30-,31-,32-/m0/s1. The highest BCUT2D eigenvalue weighted by Gasteiger charge is 2.42. The number of nitrogens with zero attached hydrogens (tertiary/aromatic N) is 4. The molecule has 6 amide bonds. The molecule has 3 aliphatic heterocycles. The van der Waals surface area contributed by atoms with Crippen molar-refractivity contribution in [3.8, 4) is 0 Å². The van der Waals surface area contributed by atoms with Crippen molar-refractivity contribution in [3.05, 3.63) is 59.7 Å². The molecule has 3 saturated heterocycles. The molecule has 0 saturated carbocycles. The number of aliphatic imine (C=N–C) groups is 1. The molecule has 1 aliphatic carbocycles. The fraction of sp³-hybridized carbons (Fsp3) is 0.538. The summed E-state index contributed by atoms with van der Waals surface area (Å²) in [6.07, 6.45) is 11.7. The number of likely N-dealkylation sites (N-methyl/N-ethyl adjacent to an activating group) is 1. The summed E-state index contributed by atoms with van der Waals surface area (Å²) in [7, 11) is 1.43. The predicted molar refractivity (Wildman–Crippen MR) is 195 cm³/mol. The Hall–Kier alpha value is -5.28. The van der Waals surface area contributed by atoms with Crippen LogP contribution in [0.2, 0.25) is 0 Å². The molecule has 3 heterocycles. The minimum absolute atomic E-state index is 0.0675. The number of carbonyl (C=O) groups is 7. The van der Waals surface area contributed by atoms with Gasteiger partial charge in [-0.25, -0.2) is 18.6 Å². The van der Waals surface area contributed by atoms with Crippen molar-refractivity contribution in [1.29, 1.82) is 0 Å². The van der Waals surface area contributed by atoms with E-state index >= 15 is 0 Å². The van der Waals surface area contributed by atoms with Gasteiger partial charge in [-0.2, -0.15) is 0 Å². The zero-order chi connectivity index (χ0) is 39.8. The molecular weight excluding hydrogens is 718 g/mol. The van der Waals surface area contributed by atoms with Crippen LogP contribution in [0.5, 0.6) is 0 Å². The Labute approximate surface area is 318 Å². The first-order chi connectivity index (χ1) is 26.2. The average molecular weight is 767 g/mol. The van der Waals surface area contributed by atoms with Crippen molar-refractivity contribution in [2.45, 2.75) is 95.4 Å². The highest BCUT2D eigenvalue weighted by Crippen LogP contribution is 2.25. The Balaban J connectivity index is 1.43. The van der Waals surface area contributed by atoms with E-state index in [2.05, 4.69) is 21.7 Å². The van der Waals surface area contributed by atoms with Crippen LogP contribution in [0.1, 0.15) is 64.4 Å². The Kier molecular flexibility index (Phi) is 13.7. The molecular formula is C39H48F2N6O8. The molecule has 55 heavy (non-hydrogen) atoms. The highest BCUT2D eigenvalue weighted by molar-refractivity contribution is 6.02. The van der Waals surface area contributed by atoms with Gasteiger partial charge in [0, 0.05) is 38.8 Å². The number of hydrogen-bond acceptors (Lipinski definition) is 8. The van der Waals surface area contributed by atoms with Crippen LogP contribution in [0.3, 0.4) is 0 Å². The van der Waals surface area contributed by atoms with Crippen LogP contribution in [0.25, 0.3) is 0 Å². The lowest BCUT2D eigenvalue weighted by atomic mass is 9.94. The maximum atomic E-state index is 14.2. The van der Waals surface area contributed by atoms with Crippen LogP contribution in [0, 0.1) is 23.5 Å². The first kappa shape index (κ1) is 40.9. The van der Waals surface area contributed by atoms with Crippen LogP contribution >= 0.6 is 0 Å². The monoisotopic (exact) mass is 766 g/mol. The molecule has 0 aromatic heterocycles. The number of amides is 6. The number of ether oxygens (including phenoxy) is 1. The lowest BCUT2D eigenvalue weighted by Gasteiger charge is -2.33. The van der Waals surface area contributed by atoms with Gasteiger partial charge in [0.1, 0.15) is 54.4 Å². The van der Waals surface area contributed by atoms with E-state index in [4.69, 9.17) is 4.74 Å². The van der Waals surface area contributed by atoms with Crippen molar-refractivity contribution in [3.63, 3.8) is 0 Å². The number of esters is 1. The molecule has 2 unspecified atom stereocenters. The number of carbonyl (C=O) groups excluding carboxylic acids is 7. The third kappa shape index (κ3) is 10.3. The Bertz CT molecular complexity index is 1750. The van der Waals surface area contributed by atoms with E-state index < -0.39 is 95.8 Å². The minimum atomic E-state index is -1.41. The Morgan fingerprint density at radius 3 is 2.29 bits per heavy atom. The number of hydrogen-bond donors (Lipinski definition) is 2. The molecule has 5 rings (SSSR count). The fourth-order valence-corrected chi connectivity index (χ4v) is 7.32. The third-order valence-electron chi connectivity index (χ3n) is 10.6. The summed E-state index contributed by atoms with van der Waals surface area (Å²) >= 11 is 0. The number of rotatable bonds is 7. The lowest BCUT2D eigenvalue weighted by Crippen LogP contribution is -2.57. The molecule has 4 aliphatic rings. The summed E-state index contributed by atoms with van der Waals surface area (Å²) in [6.45, 7) is 2.79. The SMILES string of the molecule is C[C@@H]1NC(=O)[C@H](C)N(C)C(=O)[C@@H]2CCCN2C(=O)C(C=NC(=O)[C@H](Cc2cc(F)cc(F)c2)NC(=O)/C=C/C2CC=CCC2)COC(=O)[C@@H]2CCCN2C1=O. The maximum absolute atomic E-state index is 14.2. The number of cyclic esters (lactones) is 1. The first-order valence-corrected chi connectivity index (χ1v) is 18.7. The second-order valence-corrected chi connectivity index (χ2v) is 14.5. The molecule has 3 fully saturated rings. The van der Waals surface area contributed by atoms with Gasteiger partial charge < -0.3 is 30.1 Å². The lowest BCUT2D eigenvalue weighted by molar-refractivity contribution is -0.157. The summed E-state index contributed by atoms with van der Waals surface area (Å²) in [5.74, 6) is -7.71. The Morgan fingerprint density at radius 1 is 0.945 bits per heavy atom.